The Balaban J connectivity index is 0. The fourth-order valence-corrected chi connectivity index (χ4v) is 0.567. The maximum Gasteiger partial charge on any atom is 0.0240 e. The predicted molar refractivity (Wildman–Crippen MR) is 65.9 cm³/mol. The maximum atomic E-state index is 3.47. The quantitative estimate of drug-likeness (QED) is 0.390. The van der Waals surface area contributed by atoms with Gasteiger partial charge in [0.2, 0.25) is 0 Å². The van der Waals surface area contributed by atoms with Gasteiger partial charge in [-0.05, 0) is 6.42 Å². The van der Waals surface area contributed by atoms with Gasteiger partial charge in [-0.15, -0.1) is 6.58 Å². The fourth-order valence-electron chi connectivity index (χ4n) is 0.109. The lowest BCUT2D eigenvalue weighted by Gasteiger charge is -1.95. The van der Waals surface area contributed by atoms with Crippen LogP contribution in [-0.4, -0.2) is 14.6 Å². The topological polar surface area (TPSA) is 0 Å². The van der Waals surface area contributed by atoms with E-state index in [9.17, 15) is 0 Å². The van der Waals surface area contributed by atoms with E-state index in [0.717, 1.165) is 9.76 Å². The van der Waals surface area contributed by atoms with Crippen LogP contribution in [0.15, 0.2) is 12.7 Å². The van der Waals surface area contributed by atoms with Gasteiger partial charge in [0.25, 0.3) is 0 Å². The highest BCUT2D eigenvalue weighted by Crippen LogP contribution is 2.05. The average molecular weight is 384 g/mol. The van der Waals surface area contributed by atoms with Gasteiger partial charge in [0.05, 0.1) is 0 Å². The Morgan fingerprint density at radius 1 is 1.70 bits per heavy atom. The van der Waals surface area contributed by atoms with E-state index in [1.807, 2.05) is 6.08 Å². The van der Waals surface area contributed by atoms with Crippen LogP contribution in [0.5, 0.6) is 0 Å². The summed E-state index contributed by atoms with van der Waals surface area (Å²) in [5, 5.41) is 1.06. The molecule has 0 amide bonds. The van der Waals surface area contributed by atoms with E-state index in [4.69, 9.17) is 0 Å². The van der Waals surface area contributed by atoms with Crippen LogP contribution in [0.3, 0.4) is 0 Å². The molecule has 0 bridgehead atoms. The normalized spacial score (nSPS) is 11.2. The zero-order valence-corrected chi connectivity index (χ0v) is 11.4. The molecule has 0 radical (unpaired) electrons. The van der Waals surface area contributed by atoms with Crippen molar-refractivity contribution in [1.29, 1.82) is 0 Å². The highest BCUT2D eigenvalue weighted by atomic mass is 127. The van der Waals surface area contributed by atoms with Crippen molar-refractivity contribution < 1.29 is 0 Å². The molecular weight excluding hydrogens is 371 g/mol. The zero-order chi connectivity index (χ0) is 8.41. The first-order valence-electron chi connectivity index (χ1n) is 3.09. The van der Waals surface area contributed by atoms with E-state index in [2.05, 4.69) is 68.0 Å². The molecule has 0 N–H and O–H groups in total. The van der Waals surface area contributed by atoms with Gasteiger partial charge < -0.3 is 0 Å². The van der Waals surface area contributed by atoms with Crippen molar-refractivity contribution in [1.82, 2.24) is 0 Å². The van der Waals surface area contributed by atoms with E-state index in [1.165, 1.54) is 6.42 Å². The smallest absolute Gasteiger partial charge is 0.0240 e. The first kappa shape index (κ1) is 14.0. The van der Waals surface area contributed by atoms with E-state index in [0.29, 0.717) is 4.83 Å². The highest BCUT2D eigenvalue weighted by Gasteiger charge is 1.92. The molecule has 0 fully saturated rings. The summed E-state index contributed by atoms with van der Waals surface area (Å²) >= 11 is 8.99. The van der Waals surface area contributed by atoms with Crippen molar-refractivity contribution in [3.8, 4) is 0 Å². The number of hydrogen-bond acceptors (Lipinski definition) is 0. The molecule has 0 heterocycles. The average Bonchev–Trinajstić information content (AvgIpc) is 2.03. The van der Waals surface area contributed by atoms with E-state index in [-0.39, 0.29) is 0 Å². The Bertz CT molecular complexity index is 62.6. The van der Waals surface area contributed by atoms with Gasteiger partial charge in [-0.2, -0.15) is 0 Å². The molecule has 0 spiro atoms. The summed E-state index contributed by atoms with van der Waals surface area (Å²) in [5.41, 5.74) is 0. The third-order valence-electron chi connectivity index (χ3n) is 0.720. The lowest BCUT2D eigenvalue weighted by Crippen LogP contribution is -1.93. The van der Waals surface area contributed by atoms with Crippen molar-refractivity contribution in [2.75, 3.05) is 9.76 Å². The number of halogens is 3. The van der Waals surface area contributed by atoms with Crippen LogP contribution >= 0.6 is 54.5 Å². The molecule has 62 valence electrons. The minimum atomic E-state index is 0.664. The Labute approximate surface area is 94.2 Å². The summed E-state index contributed by atoms with van der Waals surface area (Å²) in [6.45, 7) is 5.63. The number of rotatable bonds is 3. The molecule has 0 saturated heterocycles. The molecule has 0 nitrogen and oxygen atoms in total. The van der Waals surface area contributed by atoms with E-state index < -0.39 is 0 Å². The summed E-state index contributed by atoms with van der Waals surface area (Å²) in [7, 11) is 0. The summed E-state index contributed by atoms with van der Waals surface area (Å²) in [6, 6.07) is 0. The van der Waals surface area contributed by atoms with Crippen LogP contribution in [0.2, 0.25) is 0 Å². The van der Waals surface area contributed by atoms with Crippen LogP contribution < -0.4 is 0 Å². The zero-order valence-electron chi connectivity index (χ0n) is 6.12. The van der Waals surface area contributed by atoms with Crippen molar-refractivity contribution >= 4 is 54.5 Å². The molecule has 1 unspecified atom stereocenters. The third-order valence-corrected chi connectivity index (χ3v) is 3.96. The van der Waals surface area contributed by atoms with Gasteiger partial charge in [-0.3, -0.25) is 0 Å². The second-order valence-electron chi connectivity index (χ2n) is 1.60. The Morgan fingerprint density at radius 2 is 2.10 bits per heavy atom. The van der Waals surface area contributed by atoms with Crippen LogP contribution in [0.25, 0.3) is 0 Å². The van der Waals surface area contributed by atoms with E-state index in [1.54, 1.807) is 0 Å². The highest BCUT2D eigenvalue weighted by molar-refractivity contribution is 14.1. The predicted octanol–water partition coefficient (Wildman–Crippen LogP) is 4.16. The monoisotopic (exact) mass is 382 g/mol. The van der Waals surface area contributed by atoms with Crippen molar-refractivity contribution in [3.05, 3.63) is 12.7 Å². The second kappa shape index (κ2) is 13.1. The first-order valence-corrected chi connectivity index (χ1v) is 6.66. The molecule has 0 aliphatic rings. The number of hydrogen-bond donors (Lipinski definition) is 0. The van der Waals surface area contributed by atoms with Gasteiger partial charge in [0, 0.05) is 14.6 Å². The Hall–Kier alpha value is 1.43. The lowest BCUT2D eigenvalue weighted by molar-refractivity contribution is 0.937. The molecule has 0 aromatic rings. The summed E-state index contributed by atoms with van der Waals surface area (Å²) < 4.78 is 1.05. The molecule has 0 aliphatic carbocycles. The Morgan fingerprint density at radius 3 is 2.10 bits per heavy atom. The molecule has 3 heteroatoms. The number of alkyl halides is 3. The number of allylic oxidation sites excluding steroid dienone is 1. The van der Waals surface area contributed by atoms with Gasteiger partial charge in [0.15, 0.2) is 0 Å². The minimum absolute atomic E-state index is 0.664. The lowest BCUT2D eigenvalue weighted by atomic mass is 10.4. The third kappa shape index (κ3) is 16.2. The molecule has 0 saturated carbocycles. The van der Waals surface area contributed by atoms with Crippen molar-refractivity contribution in [3.63, 3.8) is 0 Å². The molecule has 0 rings (SSSR count). The largest absolute Gasteiger partial charge is 0.102 e. The summed E-state index contributed by atoms with van der Waals surface area (Å²) in [5.74, 6) is 0. The van der Waals surface area contributed by atoms with Crippen LogP contribution in [0, 0.1) is 0 Å². The van der Waals surface area contributed by atoms with Gasteiger partial charge in [0.1, 0.15) is 0 Å². The maximum absolute atomic E-state index is 3.47. The molecule has 10 heavy (non-hydrogen) atoms. The van der Waals surface area contributed by atoms with Gasteiger partial charge in [-0.25, -0.2) is 0 Å². The van der Waals surface area contributed by atoms with E-state index >= 15 is 0 Å². The minimum Gasteiger partial charge on any atom is -0.102 e. The fraction of sp³-hybridized carbons (Fsp3) is 0.714. The molecule has 0 aliphatic heterocycles. The SMILES string of the molecule is C=CCI.CCC(Br)CBr. The molecule has 1 atom stereocenters. The molecule has 0 aromatic carbocycles. The van der Waals surface area contributed by atoms with Crippen molar-refractivity contribution in [2.45, 2.75) is 18.2 Å². The standard InChI is InChI=1S/C4H8Br2.C3H5I/c1-2-4(6)3-5;1-2-3-4/h4H,2-3H2,1H3;2H,1,3H2. The summed E-state index contributed by atoms with van der Waals surface area (Å²) in [4.78, 5) is 0.664. The summed E-state index contributed by atoms with van der Waals surface area (Å²) in [6.07, 6.45) is 3.06. The molecule has 0 aromatic heterocycles. The Kier molecular flexibility index (Phi) is 18.2. The van der Waals surface area contributed by atoms with Gasteiger partial charge >= 0.3 is 0 Å². The van der Waals surface area contributed by atoms with Gasteiger partial charge in [-0.1, -0.05) is 67.5 Å². The molecular formula is C7H13Br2I. The second-order valence-corrected chi connectivity index (χ2v) is 4.43. The van der Waals surface area contributed by atoms with Crippen LogP contribution in [0.4, 0.5) is 0 Å². The van der Waals surface area contributed by atoms with Crippen LogP contribution in [0.1, 0.15) is 13.3 Å². The first-order chi connectivity index (χ1) is 4.72. The van der Waals surface area contributed by atoms with Crippen molar-refractivity contribution in [2.24, 2.45) is 0 Å². The van der Waals surface area contributed by atoms with Crippen LogP contribution in [-0.2, 0) is 0 Å².